The minimum Gasteiger partial charge on any atom is -0.450 e. The van der Waals surface area contributed by atoms with Crippen molar-refractivity contribution in [1.29, 1.82) is 0 Å². The maximum atomic E-state index is 13.5. The molecule has 0 N–H and O–H groups in total. The zero-order valence-corrected chi connectivity index (χ0v) is 18.0. The largest absolute Gasteiger partial charge is 0.450 e. The van der Waals surface area contributed by atoms with E-state index >= 15 is 0 Å². The Kier molecular flexibility index (Phi) is 4.72. The van der Waals surface area contributed by atoms with E-state index in [0.717, 1.165) is 15.6 Å². The summed E-state index contributed by atoms with van der Waals surface area (Å²) in [7, 11) is 0. The highest BCUT2D eigenvalue weighted by Crippen LogP contribution is 2.39. The van der Waals surface area contributed by atoms with Gasteiger partial charge in [-0.3, -0.25) is 9.59 Å². The lowest BCUT2D eigenvalue weighted by Crippen LogP contribution is -2.29. The second kappa shape index (κ2) is 7.42. The first-order valence-electron chi connectivity index (χ1n) is 9.40. The monoisotopic (exact) mass is 479 g/mol. The van der Waals surface area contributed by atoms with E-state index in [1.165, 1.54) is 0 Å². The summed E-state index contributed by atoms with van der Waals surface area (Å²) in [5.41, 5.74) is 2.21. The SMILES string of the molecule is O=C1c2oc3ccc(Br)cc3c(=O)c2C(c2ccccc2)N1Cc1ccccc1Cl. The van der Waals surface area contributed by atoms with Gasteiger partial charge in [-0.1, -0.05) is 76.1 Å². The molecule has 0 saturated heterocycles. The fraction of sp³-hybridized carbons (Fsp3) is 0.0833. The van der Waals surface area contributed by atoms with Crippen molar-refractivity contribution in [2.75, 3.05) is 0 Å². The second-order valence-electron chi connectivity index (χ2n) is 7.15. The summed E-state index contributed by atoms with van der Waals surface area (Å²) in [5, 5.41) is 1.01. The van der Waals surface area contributed by atoms with Crippen molar-refractivity contribution in [1.82, 2.24) is 4.90 Å². The highest BCUT2D eigenvalue weighted by Gasteiger charge is 2.42. The lowest BCUT2D eigenvalue weighted by Gasteiger charge is -2.25. The van der Waals surface area contributed by atoms with Gasteiger partial charge in [0.15, 0.2) is 5.43 Å². The smallest absolute Gasteiger partial charge is 0.291 e. The molecule has 4 nitrogen and oxygen atoms in total. The van der Waals surface area contributed by atoms with Crippen LogP contribution in [0.2, 0.25) is 5.02 Å². The standard InChI is InChI=1S/C24H15BrClNO3/c25-16-10-11-19-17(12-16)22(28)20-21(14-6-2-1-3-7-14)27(24(29)23(20)30-19)13-15-8-4-5-9-18(15)26/h1-12,21H,13H2. The Balaban J connectivity index is 1.74. The van der Waals surface area contributed by atoms with Crippen LogP contribution in [0.4, 0.5) is 0 Å². The molecule has 0 fully saturated rings. The molecule has 1 unspecified atom stereocenters. The molecule has 1 atom stereocenters. The molecule has 2 heterocycles. The molecule has 0 radical (unpaired) electrons. The van der Waals surface area contributed by atoms with Crippen molar-refractivity contribution in [3.63, 3.8) is 0 Å². The van der Waals surface area contributed by atoms with Gasteiger partial charge in [-0.05, 0) is 35.4 Å². The molecule has 0 aliphatic carbocycles. The average Bonchev–Trinajstić information content (AvgIpc) is 3.03. The van der Waals surface area contributed by atoms with E-state index in [1.807, 2.05) is 48.5 Å². The van der Waals surface area contributed by atoms with E-state index in [1.54, 1.807) is 29.2 Å². The summed E-state index contributed by atoms with van der Waals surface area (Å²) in [4.78, 5) is 28.5. The van der Waals surface area contributed by atoms with E-state index < -0.39 is 6.04 Å². The van der Waals surface area contributed by atoms with E-state index in [2.05, 4.69) is 15.9 Å². The molecule has 30 heavy (non-hydrogen) atoms. The molecule has 5 rings (SSSR count). The summed E-state index contributed by atoms with van der Waals surface area (Å²) in [6.07, 6.45) is 0. The Bertz CT molecular complexity index is 1350. The first kappa shape index (κ1) is 19.1. The Hall–Kier alpha value is -2.89. The maximum Gasteiger partial charge on any atom is 0.291 e. The third-order valence-corrected chi connectivity index (χ3v) is 6.20. The van der Waals surface area contributed by atoms with Crippen LogP contribution >= 0.6 is 27.5 Å². The first-order valence-corrected chi connectivity index (χ1v) is 10.6. The zero-order valence-electron chi connectivity index (χ0n) is 15.6. The summed E-state index contributed by atoms with van der Waals surface area (Å²) >= 11 is 9.77. The Morgan fingerprint density at radius 3 is 2.47 bits per heavy atom. The van der Waals surface area contributed by atoms with Crippen LogP contribution in [0.5, 0.6) is 0 Å². The summed E-state index contributed by atoms with van der Waals surface area (Å²) in [6.45, 7) is 0.266. The zero-order chi connectivity index (χ0) is 20.8. The van der Waals surface area contributed by atoms with E-state index in [0.29, 0.717) is 21.6 Å². The third kappa shape index (κ3) is 3.06. The molecule has 1 aliphatic rings. The number of fused-ring (bicyclic) bond motifs is 2. The van der Waals surface area contributed by atoms with Crippen molar-refractivity contribution >= 4 is 44.4 Å². The molecular weight excluding hydrogens is 466 g/mol. The molecule has 4 aromatic rings. The van der Waals surface area contributed by atoms with E-state index in [9.17, 15) is 9.59 Å². The topological polar surface area (TPSA) is 50.5 Å². The van der Waals surface area contributed by atoms with Crippen LogP contribution in [0, 0.1) is 0 Å². The minimum atomic E-state index is -0.551. The van der Waals surface area contributed by atoms with Gasteiger partial charge < -0.3 is 9.32 Å². The Morgan fingerprint density at radius 1 is 0.967 bits per heavy atom. The van der Waals surface area contributed by atoms with Crippen LogP contribution in [0.15, 0.2) is 86.5 Å². The number of carbonyl (C=O) groups is 1. The van der Waals surface area contributed by atoms with Crippen LogP contribution in [0.25, 0.3) is 11.0 Å². The van der Waals surface area contributed by atoms with Crippen molar-refractivity contribution < 1.29 is 9.21 Å². The van der Waals surface area contributed by atoms with E-state index in [-0.39, 0.29) is 23.6 Å². The Morgan fingerprint density at radius 2 is 1.70 bits per heavy atom. The van der Waals surface area contributed by atoms with Crippen LogP contribution in [0.1, 0.15) is 33.3 Å². The number of hydrogen-bond donors (Lipinski definition) is 0. The average molecular weight is 481 g/mol. The van der Waals surface area contributed by atoms with Gasteiger partial charge in [0.1, 0.15) is 5.58 Å². The molecule has 0 bridgehead atoms. The first-order chi connectivity index (χ1) is 14.5. The van der Waals surface area contributed by atoms with Crippen molar-refractivity contribution in [2.45, 2.75) is 12.6 Å². The van der Waals surface area contributed by atoms with Gasteiger partial charge in [0.2, 0.25) is 5.76 Å². The fourth-order valence-corrected chi connectivity index (χ4v) is 4.50. The summed E-state index contributed by atoms with van der Waals surface area (Å²) in [6, 6.07) is 21.6. The van der Waals surface area contributed by atoms with Crippen LogP contribution in [0.3, 0.4) is 0 Å². The van der Waals surface area contributed by atoms with Crippen LogP contribution in [-0.4, -0.2) is 10.8 Å². The molecule has 6 heteroatoms. The molecule has 1 aliphatic heterocycles. The molecule has 0 saturated carbocycles. The normalized spacial score (nSPS) is 15.6. The lowest BCUT2D eigenvalue weighted by atomic mass is 9.98. The van der Waals surface area contributed by atoms with Gasteiger partial charge >= 0.3 is 0 Å². The number of halogens is 2. The number of hydrogen-bond acceptors (Lipinski definition) is 3. The van der Waals surface area contributed by atoms with Crippen molar-refractivity contribution in [2.24, 2.45) is 0 Å². The molecule has 148 valence electrons. The van der Waals surface area contributed by atoms with Gasteiger partial charge in [-0.25, -0.2) is 0 Å². The predicted molar refractivity (Wildman–Crippen MR) is 120 cm³/mol. The molecule has 1 aromatic heterocycles. The number of rotatable bonds is 3. The lowest BCUT2D eigenvalue weighted by molar-refractivity contribution is 0.0714. The number of benzene rings is 3. The maximum absolute atomic E-state index is 13.5. The molecule has 1 amide bonds. The highest BCUT2D eigenvalue weighted by atomic mass is 79.9. The van der Waals surface area contributed by atoms with Crippen molar-refractivity contribution in [3.8, 4) is 0 Å². The molecule has 3 aromatic carbocycles. The second-order valence-corrected chi connectivity index (χ2v) is 8.48. The summed E-state index contributed by atoms with van der Waals surface area (Å²) < 4.78 is 6.73. The van der Waals surface area contributed by atoms with Gasteiger partial charge in [0, 0.05) is 16.0 Å². The van der Waals surface area contributed by atoms with Crippen LogP contribution in [-0.2, 0) is 6.54 Å². The highest BCUT2D eigenvalue weighted by molar-refractivity contribution is 9.10. The quantitative estimate of drug-likeness (QED) is 0.364. The Labute approximate surface area is 185 Å². The third-order valence-electron chi connectivity index (χ3n) is 5.34. The summed E-state index contributed by atoms with van der Waals surface area (Å²) in [5.74, 6) is -0.226. The number of amides is 1. The van der Waals surface area contributed by atoms with Gasteiger partial charge in [-0.2, -0.15) is 0 Å². The van der Waals surface area contributed by atoms with E-state index in [4.69, 9.17) is 16.0 Å². The van der Waals surface area contributed by atoms with Crippen LogP contribution < -0.4 is 5.43 Å². The van der Waals surface area contributed by atoms with Crippen molar-refractivity contribution in [3.05, 3.63) is 115 Å². The van der Waals surface area contributed by atoms with Gasteiger partial charge in [-0.15, -0.1) is 0 Å². The van der Waals surface area contributed by atoms with Gasteiger partial charge in [0.05, 0.1) is 17.0 Å². The predicted octanol–water partition coefficient (Wildman–Crippen LogP) is 5.95. The van der Waals surface area contributed by atoms with Gasteiger partial charge in [0.25, 0.3) is 5.91 Å². The molecular formula is C24H15BrClNO3. The molecule has 0 spiro atoms. The fourth-order valence-electron chi connectivity index (χ4n) is 3.95. The minimum absolute atomic E-state index is 0.0933. The number of carbonyl (C=O) groups excluding carboxylic acids is 1. The number of nitrogens with zero attached hydrogens (tertiary/aromatic N) is 1.